The van der Waals surface area contributed by atoms with E-state index in [2.05, 4.69) is 31.9 Å². The van der Waals surface area contributed by atoms with Crippen LogP contribution in [0.25, 0.3) is 0 Å². The van der Waals surface area contributed by atoms with Crippen LogP contribution in [0.4, 0.5) is 4.39 Å². The van der Waals surface area contributed by atoms with Crippen LogP contribution in [0, 0.1) is 5.82 Å². The minimum absolute atomic E-state index is 0.0751. The molecular weight excluding hydrogens is 391 g/mol. The lowest BCUT2D eigenvalue weighted by Crippen LogP contribution is -2.05. The predicted molar refractivity (Wildman–Crippen MR) is 82.8 cm³/mol. The van der Waals surface area contributed by atoms with E-state index in [1.165, 1.54) is 18.2 Å². The maximum Gasteiger partial charge on any atom is 0.168 e. The quantitative estimate of drug-likeness (QED) is 0.688. The fourth-order valence-corrected chi connectivity index (χ4v) is 2.98. The first-order valence-corrected chi connectivity index (χ1v) is 7.40. The van der Waals surface area contributed by atoms with Crippen LogP contribution in [0.2, 0.25) is 0 Å². The molecule has 0 N–H and O–H groups in total. The molecule has 0 aliphatic carbocycles. The summed E-state index contributed by atoms with van der Waals surface area (Å²) < 4.78 is 19.4. The molecule has 0 heterocycles. The molecule has 20 heavy (non-hydrogen) atoms. The van der Waals surface area contributed by atoms with Gasteiger partial charge in [0.1, 0.15) is 11.6 Å². The Morgan fingerprint density at radius 1 is 1.15 bits per heavy atom. The van der Waals surface area contributed by atoms with Crippen molar-refractivity contribution in [2.45, 2.75) is 6.42 Å². The van der Waals surface area contributed by atoms with Gasteiger partial charge in [0, 0.05) is 16.5 Å². The monoisotopic (exact) mass is 400 g/mol. The van der Waals surface area contributed by atoms with Crippen LogP contribution >= 0.6 is 31.9 Å². The van der Waals surface area contributed by atoms with Crippen molar-refractivity contribution in [3.05, 3.63) is 62.3 Å². The summed E-state index contributed by atoms with van der Waals surface area (Å²) in [4.78, 5) is 12.2. The number of benzene rings is 2. The fraction of sp³-hybridized carbons (Fsp3) is 0.133. The average Bonchev–Trinajstić information content (AvgIpc) is 2.38. The van der Waals surface area contributed by atoms with E-state index < -0.39 is 0 Å². The van der Waals surface area contributed by atoms with Crippen molar-refractivity contribution in [3.8, 4) is 5.75 Å². The highest BCUT2D eigenvalue weighted by atomic mass is 79.9. The van der Waals surface area contributed by atoms with Gasteiger partial charge >= 0.3 is 0 Å². The molecule has 0 bridgehead atoms. The number of Topliss-reactive ketones (excluding diaryl/α,β-unsaturated/α-hetero) is 1. The second-order valence-corrected chi connectivity index (χ2v) is 5.90. The molecule has 0 saturated carbocycles. The van der Waals surface area contributed by atoms with Crippen molar-refractivity contribution in [2.24, 2.45) is 0 Å². The standard InChI is InChI=1S/C15H11Br2FO2/c1-20-15-5-2-9(6-13(15)17)7-14(19)11-4-3-10(18)8-12(11)16/h2-6,8H,7H2,1H3. The Bertz CT molecular complexity index is 656. The zero-order valence-electron chi connectivity index (χ0n) is 10.6. The topological polar surface area (TPSA) is 26.3 Å². The number of carbonyl (C=O) groups excluding carboxylic acids is 1. The molecule has 0 spiro atoms. The molecule has 0 amide bonds. The number of carbonyl (C=O) groups is 1. The Morgan fingerprint density at radius 3 is 2.50 bits per heavy atom. The lowest BCUT2D eigenvalue weighted by atomic mass is 10.0. The Balaban J connectivity index is 2.21. The highest BCUT2D eigenvalue weighted by Crippen LogP contribution is 2.27. The van der Waals surface area contributed by atoms with Crippen molar-refractivity contribution in [1.29, 1.82) is 0 Å². The summed E-state index contributed by atoms with van der Waals surface area (Å²) in [6.07, 6.45) is 0.243. The molecule has 2 rings (SSSR count). The summed E-state index contributed by atoms with van der Waals surface area (Å²) in [7, 11) is 1.58. The van der Waals surface area contributed by atoms with E-state index in [9.17, 15) is 9.18 Å². The Kier molecular flexibility index (Phi) is 4.94. The van der Waals surface area contributed by atoms with Crippen LogP contribution in [0.15, 0.2) is 45.3 Å². The van der Waals surface area contributed by atoms with E-state index in [0.717, 1.165) is 10.0 Å². The van der Waals surface area contributed by atoms with E-state index in [4.69, 9.17) is 4.74 Å². The summed E-state index contributed by atoms with van der Waals surface area (Å²) in [6, 6.07) is 9.53. The number of ether oxygens (including phenoxy) is 1. The first kappa shape index (κ1) is 15.2. The zero-order valence-corrected chi connectivity index (χ0v) is 13.8. The van der Waals surface area contributed by atoms with Crippen LogP contribution in [0.3, 0.4) is 0 Å². The Hall–Kier alpha value is -1.20. The van der Waals surface area contributed by atoms with Crippen molar-refractivity contribution in [1.82, 2.24) is 0 Å². The molecule has 0 radical (unpaired) electrons. The molecule has 0 aliphatic rings. The van der Waals surface area contributed by atoms with E-state index in [1.807, 2.05) is 12.1 Å². The molecule has 104 valence electrons. The molecule has 0 aliphatic heterocycles. The lowest BCUT2D eigenvalue weighted by Gasteiger charge is -2.07. The number of ketones is 1. The summed E-state index contributed by atoms with van der Waals surface area (Å²) in [5, 5.41) is 0. The normalized spacial score (nSPS) is 10.4. The average molecular weight is 402 g/mol. The molecule has 2 aromatic rings. The molecular formula is C15H11Br2FO2. The number of halogens is 3. The minimum Gasteiger partial charge on any atom is -0.496 e. The van der Waals surface area contributed by atoms with Crippen molar-refractivity contribution < 1.29 is 13.9 Å². The summed E-state index contributed by atoms with van der Waals surface area (Å²) in [5.41, 5.74) is 1.33. The van der Waals surface area contributed by atoms with Gasteiger partial charge in [-0.25, -0.2) is 4.39 Å². The SMILES string of the molecule is COc1ccc(CC(=O)c2ccc(F)cc2Br)cc1Br. The molecule has 2 aromatic carbocycles. The van der Waals surface area contributed by atoms with E-state index in [-0.39, 0.29) is 18.0 Å². The van der Waals surface area contributed by atoms with Gasteiger partial charge in [-0.15, -0.1) is 0 Å². The summed E-state index contributed by atoms with van der Waals surface area (Å²) in [5.74, 6) is 0.263. The predicted octanol–water partition coefficient (Wildman–Crippen LogP) is 4.78. The molecule has 0 aromatic heterocycles. The first-order valence-electron chi connectivity index (χ1n) is 5.82. The first-order chi connectivity index (χ1) is 9.51. The van der Waals surface area contributed by atoms with E-state index in [0.29, 0.717) is 15.8 Å². The van der Waals surface area contributed by atoms with E-state index >= 15 is 0 Å². The zero-order chi connectivity index (χ0) is 14.7. The van der Waals surface area contributed by atoms with Gasteiger partial charge in [-0.05, 0) is 67.8 Å². The molecule has 5 heteroatoms. The maximum atomic E-state index is 13.0. The number of hydrogen-bond donors (Lipinski definition) is 0. The maximum absolute atomic E-state index is 13.0. The van der Waals surface area contributed by atoms with Gasteiger partial charge in [0.05, 0.1) is 11.6 Å². The summed E-state index contributed by atoms with van der Waals surface area (Å²) >= 11 is 6.59. The van der Waals surface area contributed by atoms with Crippen LogP contribution in [-0.2, 0) is 6.42 Å². The van der Waals surface area contributed by atoms with Gasteiger partial charge in [-0.3, -0.25) is 4.79 Å². The third-order valence-electron chi connectivity index (χ3n) is 2.81. The third kappa shape index (κ3) is 3.46. The Labute approximate surface area is 133 Å². The van der Waals surface area contributed by atoms with Gasteiger partial charge in [0.15, 0.2) is 5.78 Å². The summed E-state index contributed by atoms with van der Waals surface area (Å²) in [6.45, 7) is 0. The number of methoxy groups -OCH3 is 1. The molecule has 0 fully saturated rings. The highest BCUT2D eigenvalue weighted by Gasteiger charge is 2.12. The van der Waals surface area contributed by atoms with Gasteiger partial charge in [0.2, 0.25) is 0 Å². The van der Waals surface area contributed by atoms with E-state index in [1.54, 1.807) is 13.2 Å². The van der Waals surface area contributed by atoms with Crippen LogP contribution < -0.4 is 4.74 Å². The van der Waals surface area contributed by atoms with Gasteiger partial charge in [-0.1, -0.05) is 6.07 Å². The van der Waals surface area contributed by atoms with Gasteiger partial charge < -0.3 is 4.74 Å². The van der Waals surface area contributed by atoms with Crippen LogP contribution in [-0.4, -0.2) is 12.9 Å². The smallest absolute Gasteiger partial charge is 0.168 e. The van der Waals surface area contributed by atoms with Crippen molar-refractivity contribution in [3.63, 3.8) is 0 Å². The molecule has 0 atom stereocenters. The second kappa shape index (κ2) is 6.50. The Morgan fingerprint density at radius 2 is 1.90 bits per heavy atom. The second-order valence-electron chi connectivity index (χ2n) is 4.19. The molecule has 0 unspecified atom stereocenters. The fourth-order valence-electron chi connectivity index (χ4n) is 1.82. The van der Waals surface area contributed by atoms with Gasteiger partial charge in [-0.2, -0.15) is 0 Å². The molecule has 0 saturated heterocycles. The number of rotatable bonds is 4. The van der Waals surface area contributed by atoms with Crippen LogP contribution in [0.5, 0.6) is 5.75 Å². The lowest BCUT2D eigenvalue weighted by molar-refractivity contribution is 0.0992. The number of hydrogen-bond acceptors (Lipinski definition) is 2. The largest absolute Gasteiger partial charge is 0.496 e. The highest BCUT2D eigenvalue weighted by molar-refractivity contribution is 9.10. The van der Waals surface area contributed by atoms with Crippen molar-refractivity contribution >= 4 is 37.6 Å². The minimum atomic E-state index is -0.374. The van der Waals surface area contributed by atoms with Gasteiger partial charge in [0.25, 0.3) is 0 Å². The van der Waals surface area contributed by atoms with Crippen molar-refractivity contribution in [2.75, 3.05) is 7.11 Å². The molecule has 2 nitrogen and oxygen atoms in total. The third-order valence-corrected chi connectivity index (χ3v) is 4.09. The van der Waals surface area contributed by atoms with Crippen LogP contribution in [0.1, 0.15) is 15.9 Å².